The topological polar surface area (TPSA) is 76.0 Å². The van der Waals surface area contributed by atoms with Crippen molar-refractivity contribution in [3.8, 4) is 0 Å². The third-order valence-corrected chi connectivity index (χ3v) is 3.32. The number of nitro groups is 1. The Morgan fingerprint density at radius 1 is 1.47 bits per heavy atom. The van der Waals surface area contributed by atoms with Crippen LogP contribution in [0, 0.1) is 10.1 Å². The van der Waals surface area contributed by atoms with Gasteiger partial charge in [-0.25, -0.2) is 0 Å². The highest BCUT2D eigenvalue weighted by molar-refractivity contribution is 7.98. The van der Waals surface area contributed by atoms with Gasteiger partial charge in [0.05, 0.1) is 15.8 Å². The Morgan fingerprint density at radius 3 is 2.76 bits per heavy atom. The van der Waals surface area contributed by atoms with Gasteiger partial charge in [0.15, 0.2) is 4.90 Å². The molecule has 17 heavy (non-hydrogen) atoms. The first kappa shape index (κ1) is 11.9. The summed E-state index contributed by atoms with van der Waals surface area (Å²) in [6.45, 7) is 0. The van der Waals surface area contributed by atoms with Crippen LogP contribution in [0.3, 0.4) is 0 Å². The number of aromatic nitrogens is 1. The van der Waals surface area contributed by atoms with Crippen LogP contribution in [0.15, 0.2) is 27.9 Å². The summed E-state index contributed by atoms with van der Waals surface area (Å²) in [6, 6.07) is 4.60. The first-order chi connectivity index (χ1) is 8.04. The van der Waals surface area contributed by atoms with Gasteiger partial charge in [0.25, 0.3) is 11.2 Å². The fourth-order valence-electron chi connectivity index (χ4n) is 1.60. The van der Waals surface area contributed by atoms with E-state index < -0.39 is 10.5 Å². The van der Waals surface area contributed by atoms with Crippen molar-refractivity contribution in [2.75, 3.05) is 6.26 Å². The molecule has 0 amide bonds. The third-order valence-electron chi connectivity index (χ3n) is 2.29. The Balaban J connectivity index is 3.00. The van der Waals surface area contributed by atoms with E-state index in [1.54, 1.807) is 18.4 Å². The van der Waals surface area contributed by atoms with Gasteiger partial charge in [-0.15, -0.1) is 11.8 Å². The number of pyridine rings is 1. The smallest absolute Gasteiger partial charge is 0.297 e. The average Bonchev–Trinajstić information content (AvgIpc) is 2.27. The Bertz CT molecular complexity index is 668. The monoisotopic (exact) mass is 270 g/mol. The molecule has 1 heterocycles. The second kappa shape index (κ2) is 4.38. The quantitative estimate of drug-likeness (QED) is 0.517. The molecule has 7 heteroatoms. The number of H-pyrrole nitrogens is 1. The second-order valence-corrected chi connectivity index (χ2v) is 4.54. The van der Waals surface area contributed by atoms with E-state index >= 15 is 0 Å². The minimum Gasteiger partial charge on any atom is -0.320 e. The van der Waals surface area contributed by atoms with Gasteiger partial charge in [0.2, 0.25) is 0 Å². The molecule has 0 saturated heterocycles. The Kier molecular flexibility index (Phi) is 3.08. The number of hydrogen-bond donors (Lipinski definition) is 1. The van der Waals surface area contributed by atoms with E-state index in [2.05, 4.69) is 4.98 Å². The van der Waals surface area contributed by atoms with Crippen LogP contribution < -0.4 is 5.56 Å². The maximum Gasteiger partial charge on any atom is 0.297 e. The van der Waals surface area contributed by atoms with Crippen molar-refractivity contribution in [2.45, 2.75) is 4.90 Å². The highest BCUT2D eigenvalue weighted by Crippen LogP contribution is 2.32. The summed E-state index contributed by atoms with van der Waals surface area (Å²) in [5, 5.41) is 11.8. The number of halogens is 1. The van der Waals surface area contributed by atoms with Crippen LogP contribution in [0.5, 0.6) is 0 Å². The number of rotatable bonds is 2. The van der Waals surface area contributed by atoms with E-state index in [-0.39, 0.29) is 10.6 Å². The average molecular weight is 271 g/mol. The molecule has 2 aromatic rings. The van der Waals surface area contributed by atoms with Crippen molar-refractivity contribution >= 4 is 40.0 Å². The number of thioether (sulfide) groups is 1. The van der Waals surface area contributed by atoms with Crippen LogP contribution in [0.1, 0.15) is 0 Å². The molecule has 0 saturated carbocycles. The van der Waals surface area contributed by atoms with Crippen molar-refractivity contribution in [3.63, 3.8) is 0 Å². The standard InChI is InChI=1S/C10H7ClN2O3S/c1-17-9-8(13(15)16)6-4-5(11)2-3-7(6)12-10(9)14/h2-4H,1H3,(H,12,14). The molecule has 0 atom stereocenters. The van der Waals surface area contributed by atoms with Crippen LogP contribution in [0.2, 0.25) is 5.02 Å². The predicted octanol–water partition coefficient (Wildman–Crippen LogP) is 2.81. The first-order valence-electron chi connectivity index (χ1n) is 4.58. The minimum atomic E-state index is -0.556. The first-order valence-corrected chi connectivity index (χ1v) is 6.18. The number of hydrogen-bond acceptors (Lipinski definition) is 4. The van der Waals surface area contributed by atoms with E-state index in [9.17, 15) is 14.9 Å². The molecule has 0 unspecified atom stereocenters. The van der Waals surface area contributed by atoms with Gasteiger partial charge in [0, 0.05) is 5.02 Å². The zero-order valence-electron chi connectivity index (χ0n) is 8.69. The van der Waals surface area contributed by atoms with Gasteiger partial charge in [-0.2, -0.15) is 0 Å². The summed E-state index contributed by atoms with van der Waals surface area (Å²) in [7, 11) is 0. The number of fused-ring (bicyclic) bond motifs is 1. The third kappa shape index (κ3) is 2.01. The fourth-order valence-corrected chi connectivity index (χ4v) is 2.39. The Hall–Kier alpha value is -1.53. The lowest BCUT2D eigenvalue weighted by molar-refractivity contribution is -0.386. The molecule has 0 aliphatic rings. The maximum absolute atomic E-state index is 11.7. The highest BCUT2D eigenvalue weighted by Gasteiger charge is 2.21. The van der Waals surface area contributed by atoms with E-state index in [4.69, 9.17) is 11.6 Å². The highest BCUT2D eigenvalue weighted by atomic mass is 35.5. The summed E-state index contributed by atoms with van der Waals surface area (Å²) in [6.07, 6.45) is 1.62. The Morgan fingerprint density at radius 2 is 2.18 bits per heavy atom. The zero-order chi connectivity index (χ0) is 12.6. The molecule has 1 aromatic carbocycles. The molecular weight excluding hydrogens is 264 g/mol. The van der Waals surface area contributed by atoms with Gasteiger partial charge in [-0.1, -0.05) is 11.6 Å². The molecular formula is C10H7ClN2O3S. The van der Waals surface area contributed by atoms with E-state index in [0.29, 0.717) is 15.9 Å². The van der Waals surface area contributed by atoms with Gasteiger partial charge < -0.3 is 4.98 Å². The number of nitrogens with one attached hydrogen (secondary N) is 1. The van der Waals surface area contributed by atoms with Gasteiger partial charge in [-0.05, 0) is 24.5 Å². The lowest BCUT2D eigenvalue weighted by Crippen LogP contribution is -2.11. The Labute approximate surface area is 105 Å². The molecule has 88 valence electrons. The van der Waals surface area contributed by atoms with Crippen LogP contribution in [0.4, 0.5) is 5.69 Å². The van der Waals surface area contributed by atoms with Crippen LogP contribution in [-0.4, -0.2) is 16.2 Å². The summed E-state index contributed by atoms with van der Waals surface area (Å²) in [5.74, 6) is 0. The van der Waals surface area contributed by atoms with Gasteiger partial charge >= 0.3 is 0 Å². The predicted molar refractivity (Wildman–Crippen MR) is 68.0 cm³/mol. The second-order valence-electron chi connectivity index (χ2n) is 3.28. The molecule has 0 bridgehead atoms. The lowest BCUT2D eigenvalue weighted by Gasteiger charge is -2.03. The summed E-state index contributed by atoms with van der Waals surface area (Å²) < 4.78 is 0. The number of aromatic amines is 1. The summed E-state index contributed by atoms with van der Waals surface area (Å²) in [4.78, 5) is 24.8. The molecule has 0 fully saturated rings. The van der Waals surface area contributed by atoms with Crippen molar-refractivity contribution in [3.05, 3.63) is 43.7 Å². The molecule has 0 aliphatic heterocycles. The summed E-state index contributed by atoms with van der Waals surface area (Å²) in [5.41, 5.74) is -0.248. The SMILES string of the molecule is CSc1c([N+](=O)[O-])c2cc(Cl)ccc2[nH]c1=O. The molecule has 2 rings (SSSR count). The molecule has 1 aromatic heterocycles. The van der Waals surface area contributed by atoms with Crippen LogP contribution >= 0.6 is 23.4 Å². The van der Waals surface area contributed by atoms with Crippen LogP contribution in [-0.2, 0) is 0 Å². The van der Waals surface area contributed by atoms with Crippen molar-refractivity contribution in [2.24, 2.45) is 0 Å². The van der Waals surface area contributed by atoms with E-state index in [1.807, 2.05) is 0 Å². The van der Waals surface area contributed by atoms with Gasteiger partial charge in [-0.3, -0.25) is 14.9 Å². The van der Waals surface area contributed by atoms with Crippen molar-refractivity contribution in [1.29, 1.82) is 0 Å². The van der Waals surface area contributed by atoms with Gasteiger partial charge in [0.1, 0.15) is 0 Å². The fraction of sp³-hybridized carbons (Fsp3) is 0.100. The number of nitrogens with zero attached hydrogens (tertiary/aromatic N) is 1. The normalized spacial score (nSPS) is 10.7. The maximum atomic E-state index is 11.7. The van der Waals surface area contributed by atoms with Crippen molar-refractivity contribution in [1.82, 2.24) is 4.98 Å². The zero-order valence-corrected chi connectivity index (χ0v) is 10.3. The number of benzene rings is 1. The van der Waals surface area contributed by atoms with E-state index in [0.717, 1.165) is 11.8 Å². The van der Waals surface area contributed by atoms with E-state index in [1.165, 1.54) is 6.07 Å². The minimum absolute atomic E-state index is 0.0877. The molecule has 1 N–H and O–H groups in total. The largest absolute Gasteiger partial charge is 0.320 e. The van der Waals surface area contributed by atoms with Crippen molar-refractivity contribution < 1.29 is 4.92 Å². The molecule has 5 nitrogen and oxygen atoms in total. The molecule has 0 aliphatic carbocycles. The summed E-state index contributed by atoms with van der Waals surface area (Å²) >= 11 is 6.85. The van der Waals surface area contributed by atoms with Crippen LogP contribution in [0.25, 0.3) is 10.9 Å². The molecule has 0 spiro atoms. The molecule has 0 radical (unpaired) electrons. The lowest BCUT2D eigenvalue weighted by atomic mass is 10.2.